The highest BCUT2D eigenvalue weighted by Gasteiger charge is 2.16. The van der Waals surface area contributed by atoms with Crippen LogP contribution in [0, 0.1) is 0 Å². The molecule has 2 aromatic heterocycles. The zero-order valence-electron chi connectivity index (χ0n) is 9.67. The van der Waals surface area contributed by atoms with Crippen molar-refractivity contribution in [1.82, 2.24) is 24.4 Å². The smallest absolute Gasteiger partial charge is 0.191 e. The number of fused-ring (bicyclic) bond motifs is 1. The summed E-state index contributed by atoms with van der Waals surface area (Å²) in [6.45, 7) is 1.02. The highest BCUT2D eigenvalue weighted by Crippen LogP contribution is 2.27. The first-order valence-electron chi connectivity index (χ1n) is 5.86. The van der Waals surface area contributed by atoms with Gasteiger partial charge in [-0.2, -0.15) is 0 Å². The molecule has 0 bridgehead atoms. The van der Waals surface area contributed by atoms with Crippen LogP contribution in [0.1, 0.15) is 30.8 Å². The van der Waals surface area contributed by atoms with Crippen LogP contribution in [-0.2, 0) is 18.7 Å². The molecule has 0 saturated heterocycles. The summed E-state index contributed by atoms with van der Waals surface area (Å²) in [5.74, 6) is 1.81. The SMILES string of the molecule is Clc1snnc1CSc1nnc2n1CCCCC2. The topological polar surface area (TPSA) is 56.5 Å². The first-order valence-corrected chi connectivity index (χ1v) is 8.00. The molecule has 1 aliphatic heterocycles. The Kier molecular flexibility index (Phi) is 3.81. The minimum absolute atomic E-state index is 0.665. The highest BCUT2D eigenvalue weighted by molar-refractivity contribution is 7.98. The van der Waals surface area contributed by atoms with Crippen LogP contribution in [0.4, 0.5) is 0 Å². The van der Waals surface area contributed by atoms with Crippen molar-refractivity contribution in [3.8, 4) is 0 Å². The number of hydrogen-bond donors (Lipinski definition) is 0. The van der Waals surface area contributed by atoms with E-state index >= 15 is 0 Å². The average Bonchev–Trinajstić information content (AvgIpc) is 2.86. The fourth-order valence-corrected chi connectivity index (χ4v) is 3.70. The van der Waals surface area contributed by atoms with Gasteiger partial charge in [-0.05, 0) is 12.8 Å². The van der Waals surface area contributed by atoms with Gasteiger partial charge in [0.25, 0.3) is 0 Å². The zero-order valence-corrected chi connectivity index (χ0v) is 12.1. The van der Waals surface area contributed by atoms with Crippen molar-refractivity contribution in [3.05, 3.63) is 15.9 Å². The van der Waals surface area contributed by atoms with Gasteiger partial charge in [-0.3, -0.25) is 0 Å². The maximum atomic E-state index is 5.99. The largest absolute Gasteiger partial charge is 0.306 e. The Morgan fingerprint density at radius 2 is 2.17 bits per heavy atom. The number of aryl methyl sites for hydroxylation is 1. The standard InChI is InChI=1S/C10H12ClN5S2/c11-9-7(12-15-18-9)6-17-10-14-13-8-4-2-1-3-5-16(8)10/h1-6H2. The Morgan fingerprint density at radius 1 is 1.22 bits per heavy atom. The number of thioether (sulfide) groups is 1. The lowest BCUT2D eigenvalue weighted by Gasteiger charge is -2.05. The molecule has 0 amide bonds. The molecule has 5 nitrogen and oxygen atoms in total. The van der Waals surface area contributed by atoms with Crippen molar-refractivity contribution < 1.29 is 0 Å². The van der Waals surface area contributed by atoms with E-state index in [0.29, 0.717) is 10.1 Å². The van der Waals surface area contributed by atoms with E-state index in [0.717, 1.165) is 29.6 Å². The van der Waals surface area contributed by atoms with Crippen LogP contribution >= 0.6 is 34.9 Å². The normalized spacial score (nSPS) is 15.4. The number of halogens is 1. The molecular formula is C10H12ClN5S2. The summed E-state index contributed by atoms with van der Waals surface area (Å²) in [5.41, 5.74) is 0.831. The van der Waals surface area contributed by atoms with E-state index in [4.69, 9.17) is 11.6 Å². The van der Waals surface area contributed by atoms with Crippen molar-refractivity contribution in [2.75, 3.05) is 0 Å². The molecule has 2 aromatic rings. The minimum Gasteiger partial charge on any atom is -0.306 e. The lowest BCUT2D eigenvalue weighted by Crippen LogP contribution is -2.02. The van der Waals surface area contributed by atoms with Crippen molar-refractivity contribution in [2.45, 2.75) is 43.1 Å². The Morgan fingerprint density at radius 3 is 3.00 bits per heavy atom. The molecule has 96 valence electrons. The Hall–Kier alpha value is -0.660. The number of hydrogen-bond acceptors (Lipinski definition) is 6. The highest BCUT2D eigenvalue weighted by atomic mass is 35.5. The first kappa shape index (κ1) is 12.4. The molecule has 0 saturated carbocycles. The third-order valence-electron chi connectivity index (χ3n) is 2.92. The van der Waals surface area contributed by atoms with Gasteiger partial charge in [0.05, 0.1) is 0 Å². The summed E-state index contributed by atoms with van der Waals surface area (Å²) in [7, 11) is 0. The molecule has 3 heterocycles. The summed E-state index contributed by atoms with van der Waals surface area (Å²) in [6, 6.07) is 0. The summed E-state index contributed by atoms with van der Waals surface area (Å²) in [4.78, 5) is 0. The molecule has 8 heteroatoms. The van der Waals surface area contributed by atoms with E-state index in [2.05, 4.69) is 24.4 Å². The fourth-order valence-electron chi connectivity index (χ4n) is 1.98. The third kappa shape index (κ3) is 2.53. The van der Waals surface area contributed by atoms with Crippen molar-refractivity contribution in [2.24, 2.45) is 0 Å². The summed E-state index contributed by atoms with van der Waals surface area (Å²) in [6.07, 6.45) is 4.73. The molecule has 0 spiro atoms. The maximum Gasteiger partial charge on any atom is 0.191 e. The Labute approximate surface area is 118 Å². The molecule has 3 rings (SSSR count). The third-order valence-corrected chi connectivity index (χ3v) is 4.89. The van der Waals surface area contributed by atoms with E-state index < -0.39 is 0 Å². The van der Waals surface area contributed by atoms with Gasteiger partial charge in [-0.25, -0.2) is 0 Å². The van der Waals surface area contributed by atoms with E-state index in [1.165, 1.54) is 30.8 Å². The second kappa shape index (κ2) is 5.54. The molecule has 0 aliphatic carbocycles. The molecule has 18 heavy (non-hydrogen) atoms. The van der Waals surface area contributed by atoms with E-state index in [1.54, 1.807) is 11.8 Å². The fraction of sp³-hybridized carbons (Fsp3) is 0.600. The second-order valence-electron chi connectivity index (χ2n) is 4.14. The van der Waals surface area contributed by atoms with Crippen LogP contribution < -0.4 is 0 Å². The predicted molar refractivity (Wildman–Crippen MR) is 72.1 cm³/mol. The number of aromatic nitrogens is 5. The van der Waals surface area contributed by atoms with Crippen LogP contribution in [0.15, 0.2) is 5.16 Å². The lowest BCUT2D eigenvalue weighted by molar-refractivity contribution is 0.591. The van der Waals surface area contributed by atoms with E-state index in [-0.39, 0.29) is 0 Å². The van der Waals surface area contributed by atoms with Crippen molar-refractivity contribution in [1.29, 1.82) is 0 Å². The second-order valence-corrected chi connectivity index (χ2v) is 6.44. The molecule has 0 N–H and O–H groups in total. The molecule has 0 radical (unpaired) electrons. The number of nitrogens with zero attached hydrogens (tertiary/aromatic N) is 5. The lowest BCUT2D eigenvalue weighted by atomic mass is 10.2. The summed E-state index contributed by atoms with van der Waals surface area (Å²) >= 11 is 8.84. The summed E-state index contributed by atoms with van der Waals surface area (Å²) < 4.78 is 6.72. The number of rotatable bonds is 3. The molecule has 0 atom stereocenters. The van der Waals surface area contributed by atoms with E-state index in [9.17, 15) is 0 Å². The van der Waals surface area contributed by atoms with Gasteiger partial charge < -0.3 is 4.57 Å². The van der Waals surface area contributed by atoms with Gasteiger partial charge in [0.2, 0.25) is 0 Å². The van der Waals surface area contributed by atoms with Crippen LogP contribution in [0.5, 0.6) is 0 Å². The predicted octanol–water partition coefficient (Wildman–Crippen LogP) is 2.80. The van der Waals surface area contributed by atoms with E-state index in [1.807, 2.05) is 0 Å². The zero-order chi connectivity index (χ0) is 12.4. The van der Waals surface area contributed by atoms with Gasteiger partial charge in [0, 0.05) is 30.3 Å². The molecular weight excluding hydrogens is 290 g/mol. The van der Waals surface area contributed by atoms with Crippen molar-refractivity contribution >= 4 is 34.9 Å². The Bertz CT molecular complexity index is 538. The van der Waals surface area contributed by atoms with Crippen molar-refractivity contribution in [3.63, 3.8) is 0 Å². The van der Waals surface area contributed by atoms with Gasteiger partial charge in [0.1, 0.15) is 15.9 Å². The van der Waals surface area contributed by atoms with Gasteiger partial charge in [-0.15, -0.1) is 15.3 Å². The van der Waals surface area contributed by atoms with Crippen LogP contribution in [-0.4, -0.2) is 24.4 Å². The quantitative estimate of drug-likeness (QED) is 0.816. The Balaban J connectivity index is 1.73. The molecule has 0 aromatic carbocycles. The maximum absolute atomic E-state index is 5.99. The molecule has 1 aliphatic rings. The average molecular weight is 302 g/mol. The van der Waals surface area contributed by atoms with Gasteiger partial charge in [-0.1, -0.05) is 34.3 Å². The van der Waals surface area contributed by atoms with Crippen LogP contribution in [0.25, 0.3) is 0 Å². The first-order chi connectivity index (χ1) is 8.84. The monoisotopic (exact) mass is 301 g/mol. The molecule has 0 unspecified atom stereocenters. The van der Waals surface area contributed by atoms with Gasteiger partial charge in [0.15, 0.2) is 5.16 Å². The van der Waals surface area contributed by atoms with Crippen LogP contribution in [0.2, 0.25) is 4.34 Å². The summed E-state index contributed by atoms with van der Waals surface area (Å²) in [5, 5.41) is 13.5. The van der Waals surface area contributed by atoms with Gasteiger partial charge >= 0.3 is 0 Å². The minimum atomic E-state index is 0.665. The van der Waals surface area contributed by atoms with Crippen LogP contribution in [0.3, 0.4) is 0 Å². The molecule has 0 fully saturated rings.